The van der Waals surface area contributed by atoms with E-state index in [1.54, 1.807) is 0 Å². The van der Waals surface area contributed by atoms with Gasteiger partial charge in [-0.15, -0.1) is 0 Å². The highest BCUT2D eigenvalue weighted by atomic mass is 16.7. The first-order valence-corrected chi connectivity index (χ1v) is 23.4. The van der Waals surface area contributed by atoms with Gasteiger partial charge in [0.2, 0.25) is 0 Å². The van der Waals surface area contributed by atoms with Gasteiger partial charge in [-0.05, 0) is 38.5 Å². The quantitative estimate of drug-likeness (QED) is 0.0246. The van der Waals surface area contributed by atoms with Gasteiger partial charge >= 0.3 is 11.9 Å². The van der Waals surface area contributed by atoms with E-state index >= 15 is 0 Å². The Balaban J connectivity index is 1.86. The lowest BCUT2D eigenvalue weighted by molar-refractivity contribution is -0.332. The molecule has 0 bridgehead atoms. The maximum atomic E-state index is 12.9. The summed E-state index contributed by atoms with van der Waals surface area (Å²) in [6, 6.07) is 0. The predicted molar refractivity (Wildman–Crippen MR) is 229 cm³/mol. The molecule has 2 fully saturated rings. The lowest BCUT2D eigenvalue weighted by Gasteiger charge is -2.42. The number of unbranched alkanes of at least 4 members (excludes halogenated alkanes) is 17. The molecule has 0 spiro atoms. The molecule has 0 radical (unpaired) electrons. The van der Waals surface area contributed by atoms with Gasteiger partial charge in [0, 0.05) is 12.8 Å². The molecule has 15 nitrogen and oxygen atoms in total. The summed E-state index contributed by atoms with van der Waals surface area (Å²) in [7, 11) is 0. The molecule has 0 saturated carbocycles. The van der Waals surface area contributed by atoms with E-state index in [0.29, 0.717) is 12.8 Å². The standard InChI is InChI=1S/C46H82O15/c1-3-5-7-9-11-13-15-16-17-19-21-23-25-27-29-38(49)59-34(31-56-37(48)28-26-24-22-20-18-14-12-10-8-6-4-2)32-57-45-44(55)42(53)40(51)36(61-45)33-58-46-43(54)41(52)39(50)35(30-47)60-46/h9,11,15-16,34-36,39-47,50-55H,3-8,10,12-14,17-33H2,1-2H3/b11-9+,16-15+/t34-,35-,36-,39+,40+,41?,42?,43?,44?,45-,46-/m1/s1. The van der Waals surface area contributed by atoms with Gasteiger partial charge in [-0.3, -0.25) is 9.59 Å². The van der Waals surface area contributed by atoms with E-state index < -0.39 is 92.7 Å². The predicted octanol–water partition coefficient (Wildman–Crippen LogP) is 5.21. The molecule has 4 unspecified atom stereocenters. The second-order valence-electron chi connectivity index (χ2n) is 16.6. The molecule has 2 rings (SSSR count). The van der Waals surface area contributed by atoms with E-state index in [9.17, 15) is 45.3 Å². The van der Waals surface area contributed by atoms with Crippen molar-refractivity contribution in [2.75, 3.05) is 26.4 Å². The van der Waals surface area contributed by atoms with E-state index in [4.69, 9.17) is 28.4 Å². The summed E-state index contributed by atoms with van der Waals surface area (Å²) in [6.07, 6.45) is 15.0. The fourth-order valence-electron chi connectivity index (χ4n) is 7.23. The highest BCUT2D eigenvalue weighted by molar-refractivity contribution is 5.70. The molecule has 61 heavy (non-hydrogen) atoms. The van der Waals surface area contributed by atoms with Crippen LogP contribution in [0.1, 0.15) is 162 Å². The van der Waals surface area contributed by atoms with Gasteiger partial charge in [0.05, 0.1) is 19.8 Å². The Morgan fingerprint density at radius 2 is 1.00 bits per heavy atom. The van der Waals surface area contributed by atoms with Crippen LogP contribution in [0.25, 0.3) is 0 Å². The Bertz CT molecular complexity index is 1170. The van der Waals surface area contributed by atoms with Crippen LogP contribution < -0.4 is 0 Å². The molecule has 2 aliphatic heterocycles. The molecule has 15 heteroatoms. The number of esters is 2. The third kappa shape index (κ3) is 23.5. The van der Waals surface area contributed by atoms with Crippen LogP contribution in [0, 0.1) is 0 Å². The van der Waals surface area contributed by atoms with Crippen LogP contribution in [-0.4, -0.2) is 142 Å². The number of allylic oxidation sites excluding steroid dienone is 4. The lowest BCUT2D eigenvalue weighted by atomic mass is 9.98. The number of hydrogen-bond acceptors (Lipinski definition) is 15. The van der Waals surface area contributed by atoms with Crippen molar-refractivity contribution < 1.29 is 73.8 Å². The minimum absolute atomic E-state index is 0.151. The molecule has 356 valence electrons. The second kappa shape index (κ2) is 34.4. The molecule has 2 heterocycles. The zero-order valence-corrected chi connectivity index (χ0v) is 37.1. The summed E-state index contributed by atoms with van der Waals surface area (Å²) < 4.78 is 33.4. The Kier molecular flexibility index (Phi) is 31.1. The van der Waals surface area contributed by atoms with Gasteiger partial charge in [0.1, 0.15) is 55.4 Å². The van der Waals surface area contributed by atoms with Gasteiger partial charge in [0.25, 0.3) is 0 Å². The van der Waals surface area contributed by atoms with Crippen molar-refractivity contribution in [1.82, 2.24) is 0 Å². The molecular formula is C46H82O15. The Morgan fingerprint density at radius 1 is 0.525 bits per heavy atom. The minimum atomic E-state index is -1.76. The van der Waals surface area contributed by atoms with Crippen molar-refractivity contribution in [1.29, 1.82) is 0 Å². The normalized spacial score (nSPS) is 27.5. The number of carbonyl (C=O) groups excluding carboxylic acids is 2. The van der Waals surface area contributed by atoms with Crippen molar-refractivity contribution in [3.8, 4) is 0 Å². The summed E-state index contributed by atoms with van der Waals surface area (Å²) in [5.41, 5.74) is 0. The summed E-state index contributed by atoms with van der Waals surface area (Å²) >= 11 is 0. The van der Waals surface area contributed by atoms with Gasteiger partial charge in [-0.2, -0.15) is 0 Å². The first-order chi connectivity index (χ1) is 29.5. The molecule has 2 saturated heterocycles. The maximum absolute atomic E-state index is 12.9. The van der Waals surface area contributed by atoms with Crippen LogP contribution >= 0.6 is 0 Å². The molecule has 11 atom stereocenters. The highest BCUT2D eigenvalue weighted by Crippen LogP contribution is 2.26. The van der Waals surface area contributed by atoms with Gasteiger partial charge in [-0.25, -0.2) is 0 Å². The van der Waals surface area contributed by atoms with Crippen LogP contribution in [0.3, 0.4) is 0 Å². The topological polar surface area (TPSA) is 231 Å². The largest absolute Gasteiger partial charge is 0.462 e. The maximum Gasteiger partial charge on any atom is 0.306 e. The average molecular weight is 875 g/mol. The number of aliphatic hydroxyl groups is 7. The summed E-state index contributed by atoms with van der Waals surface area (Å²) in [5.74, 6) is -0.940. The molecule has 7 N–H and O–H groups in total. The zero-order chi connectivity index (χ0) is 44.7. The molecule has 0 aromatic rings. The fraction of sp³-hybridized carbons (Fsp3) is 0.870. The van der Waals surface area contributed by atoms with Crippen LogP contribution in [-0.2, 0) is 38.0 Å². The van der Waals surface area contributed by atoms with Crippen LogP contribution in [0.15, 0.2) is 24.3 Å². The number of hydrogen-bond donors (Lipinski definition) is 7. The monoisotopic (exact) mass is 875 g/mol. The first-order valence-electron chi connectivity index (χ1n) is 23.4. The van der Waals surface area contributed by atoms with Crippen molar-refractivity contribution in [3.63, 3.8) is 0 Å². The molecule has 0 aromatic heterocycles. The van der Waals surface area contributed by atoms with Crippen LogP contribution in [0.5, 0.6) is 0 Å². The van der Waals surface area contributed by atoms with E-state index in [-0.39, 0.29) is 26.1 Å². The Morgan fingerprint density at radius 3 is 1.57 bits per heavy atom. The highest BCUT2D eigenvalue weighted by Gasteiger charge is 2.47. The number of carbonyl (C=O) groups is 2. The van der Waals surface area contributed by atoms with Gasteiger partial charge < -0.3 is 64.2 Å². The number of rotatable bonds is 35. The molecule has 0 aromatic carbocycles. The molecular weight excluding hydrogens is 792 g/mol. The summed E-state index contributed by atoms with van der Waals surface area (Å²) in [6.45, 7) is 2.51. The minimum Gasteiger partial charge on any atom is -0.462 e. The second-order valence-corrected chi connectivity index (χ2v) is 16.6. The van der Waals surface area contributed by atoms with E-state index in [2.05, 4.69) is 38.2 Å². The van der Waals surface area contributed by atoms with E-state index in [0.717, 1.165) is 64.2 Å². The Hall–Kier alpha value is -2.02. The van der Waals surface area contributed by atoms with Crippen molar-refractivity contribution in [3.05, 3.63) is 24.3 Å². The average Bonchev–Trinajstić information content (AvgIpc) is 3.25. The van der Waals surface area contributed by atoms with E-state index in [1.807, 2.05) is 0 Å². The van der Waals surface area contributed by atoms with Crippen LogP contribution in [0.2, 0.25) is 0 Å². The number of ether oxygens (including phenoxy) is 6. The molecule has 0 amide bonds. The molecule has 0 aliphatic carbocycles. The smallest absolute Gasteiger partial charge is 0.306 e. The first kappa shape index (κ1) is 55.1. The van der Waals surface area contributed by atoms with Gasteiger partial charge in [-0.1, -0.05) is 134 Å². The SMILES string of the molecule is CCCC/C=C/C/C=C/CCCCCCCC(=O)O[C@H](COC(=O)CCCCCCCCCCCCC)CO[C@@H]1O[C@H](CO[C@@H]2O[C@H](CO)[C@H](O)C(O)C2O)[C@H](O)C(O)C1O. The molecule has 2 aliphatic rings. The summed E-state index contributed by atoms with van der Waals surface area (Å²) in [4.78, 5) is 25.6. The van der Waals surface area contributed by atoms with Crippen molar-refractivity contribution in [2.45, 2.75) is 229 Å². The third-order valence-electron chi connectivity index (χ3n) is 11.2. The number of aliphatic hydroxyl groups excluding tert-OH is 7. The summed E-state index contributed by atoms with van der Waals surface area (Å²) in [5, 5.41) is 71.9. The third-order valence-corrected chi connectivity index (χ3v) is 11.2. The fourth-order valence-corrected chi connectivity index (χ4v) is 7.23. The Labute approximate surface area is 364 Å². The van der Waals surface area contributed by atoms with Crippen LogP contribution in [0.4, 0.5) is 0 Å². The van der Waals surface area contributed by atoms with E-state index in [1.165, 1.54) is 57.8 Å². The van der Waals surface area contributed by atoms with Crippen molar-refractivity contribution in [2.24, 2.45) is 0 Å². The van der Waals surface area contributed by atoms with Gasteiger partial charge in [0.15, 0.2) is 18.7 Å². The lowest BCUT2D eigenvalue weighted by Crippen LogP contribution is -2.61. The zero-order valence-electron chi connectivity index (χ0n) is 37.1. The van der Waals surface area contributed by atoms with Crippen molar-refractivity contribution >= 4 is 11.9 Å².